The summed E-state index contributed by atoms with van der Waals surface area (Å²) >= 11 is 3.42. The number of benzene rings is 1. The van der Waals surface area contributed by atoms with Crippen molar-refractivity contribution in [3.63, 3.8) is 0 Å². The van der Waals surface area contributed by atoms with Crippen LogP contribution in [-0.4, -0.2) is 23.2 Å². The Balaban J connectivity index is 2.18. The monoisotopic (exact) mass is 339 g/mol. The van der Waals surface area contributed by atoms with Crippen LogP contribution in [0.3, 0.4) is 0 Å². The van der Waals surface area contributed by atoms with Crippen LogP contribution in [0.1, 0.15) is 45.1 Å². The Morgan fingerprint density at radius 1 is 1.30 bits per heavy atom. The number of hydrogen-bond donors (Lipinski definition) is 2. The van der Waals surface area contributed by atoms with Gasteiger partial charge in [0.15, 0.2) is 0 Å². The Kier molecular flexibility index (Phi) is 4.55. The van der Waals surface area contributed by atoms with Crippen LogP contribution in [0.15, 0.2) is 28.7 Å². The first kappa shape index (κ1) is 15.5. The van der Waals surface area contributed by atoms with Gasteiger partial charge < -0.3 is 10.4 Å². The summed E-state index contributed by atoms with van der Waals surface area (Å²) in [4.78, 5) is 12.7. The number of carbonyl (C=O) groups excluding carboxylic acids is 1. The largest absolute Gasteiger partial charge is 0.394 e. The van der Waals surface area contributed by atoms with Gasteiger partial charge in [0, 0.05) is 4.47 Å². The van der Waals surface area contributed by atoms with Crippen molar-refractivity contribution in [3.05, 3.63) is 34.3 Å². The molecule has 0 bridgehead atoms. The van der Waals surface area contributed by atoms with E-state index in [1.54, 1.807) is 0 Å². The molecule has 0 radical (unpaired) electrons. The first-order valence-electron chi connectivity index (χ1n) is 7.21. The molecule has 1 fully saturated rings. The van der Waals surface area contributed by atoms with Crippen LogP contribution in [-0.2, 0) is 10.2 Å². The van der Waals surface area contributed by atoms with Crippen molar-refractivity contribution in [2.45, 2.75) is 50.5 Å². The van der Waals surface area contributed by atoms with E-state index in [-0.39, 0.29) is 17.9 Å². The third kappa shape index (κ3) is 2.77. The van der Waals surface area contributed by atoms with E-state index in [0.29, 0.717) is 0 Å². The normalized spacial score (nSPS) is 16.8. The molecule has 0 spiro atoms. The second-order valence-corrected chi connectivity index (χ2v) is 6.60. The molecule has 110 valence electrons. The average Bonchev–Trinajstić information content (AvgIpc) is 3.27. The van der Waals surface area contributed by atoms with Crippen LogP contribution < -0.4 is 5.32 Å². The summed E-state index contributed by atoms with van der Waals surface area (Å²) in [7, 11) is 0. The molecular weight excluding hydrogens is 318 g/mol. The number of nitrogens with one attached hydrogen (secondary N) is 1. The first-order chi connectivity index (χ1) is 9.52. The standard InChI is InChI=1S/C16H22BrNO2/c1-3-15(4-2,11-19)18-14(20)16(9-10-16)12-5-7-13(17)8-6-12/h5-8,19H,3-4,9-11H2,1-2H3,(H,18,20). The lowest BCUT2D eigenvalue weighted by Gasteiger charge is -2.32. The van der Waals surface area contributed by atoms with Gasteiger partial charge in [0.1, 0.15) is 0 Å². The van der Waals surface area contributed by atoms with Crippen LogP contribution in [0.25, 0.3) is 0 Å². The average molecular weight is 340 g/mol. The van der Waals surface area contributed by atoms with Gasteiger partial charge in [-0.1, -0.05) is 41.9 Å². The number of aliphatic hydroxyl groups is 1. The first-order valence-corrected chi connectivity index (χ1v) is 8.01. The van der Waals surface area contributed by atoms with Gasteiger partial charge in [-0.3, -0.25) is 4.79 Å². The third-order valence-corrected chi connectivity index (χ3v) is 5.15. The highest BCUT2D eigenvalue weighted by atomic mass is 79.9. The summed E-state index contributed by atoms with van der Waals surface area (Å²) in [6.45, 7) is 3.99. The van der Waals surface area contributed by atoms with Crippen molar-refractivity contribution in [1.82, 2.24) is 5.32 Å². The molecule has 0 aromatic heterocycles. The summed E-state index contributed by atoms with van der Waals surface area (Å²) in [6, 6.07) is 7.97. The number of aliphatic hydroxyl groups excluding tert-OH is 1. The smallest absolute Gasteiger partial charge is 0.231 e. The van der Waals surface area contributed by atoms with Crippen LogP contribution in [0, 0.1) is 0 Å². The van der Waals surface area contributed by atoms with Gasteiger partial charge in [-0.15, -0.1) is 0 Å². The zero-order valence-electron chi connectivity index (χ0n) is 12.1. The minimum absolute atomic E-state index is 0.0117. The number of rotatable bonds is 6. The molecule has 3 nitrogen and oxygen atoms in total. The molecule has 1 aliphatic carbocycles. The van der Waals surface area contributed by atoms with Crippen LogP contribution >= 0.6 is 15.9 Å². The second-order valence-electron chi connectivity index (χ2n) is 5.69. The lowest BCUT2D eigenvalue weighted by Crippen LogP contribution is -2.53. The maximum Gasteiger partial charge on any atom is 0.231 e. The molecule has 1 amide bonds. The molecule has 0 heterocycles. The van der Waals surface area contributed by atoms with Gasteiger partial charge in [0.2, 0.25) is 5.91 Å². The van der Waals surface area contributed by atoms with Crippen LogP contribution in [0.2, 0.25) is 0 Å². The zero-order valence-corrected chi connectivity index (χ0v) is 13.7. The molecule has 20 heavy (non-hydrogen) atoms. The predicted molar refractivity (Wildman–Crippen MR) is 83.6 cm³/mol. The maximum absolute atomic E-state index is 12.7. The lowest BCUT2D eigenvalue weighted by atomic mass is 9.89. The Labute approximate surface area is 128 Å². The molecule has 0 aliphatic heterocycles. The quantitative estimate of drug-likeness (QED) is 0.836. The molecule has 0 atom stereocenters. The van der Waals surface area contributed by atoms with Crippen molar-refractivity contribution in [2.75, 3.05) is 6.61 Å². The van der Waals surface area contributed by atoms with Gasteiger partial charge in [-0.2, -0.15) is 0 Å². The highest BCUT2D eigenvalue weighted by Crippen LogP contribution is 2.49. The lowest BCUT2D eigenvalue weighted by molar-refractivity contribution is -0.126. The summed E-state index contributed by atoms with van der Waals surface area (Å²) in [5.41, 5.74) is 0.199. The van der Waals surface area contributed by atoms with Crippen LogP contribution in [0.5, 0.6) is 0 Å². The highest BCUT2D eigenvalue weighted by molar-refractivity contribution is 9.10. The Bertz CT molecular complexity index is 467. The van der Waals surface area contributed by atoms with E-state index in [0.717, 1.165) is 35.7 Å². The van der Waals surface area contributed by atoms with Crippen molar-refractivity contribution in [2.24, 2.45) is 0 Å². The Morgan fingerprint density at radius 2 is 1.85 bits per heavy atom. The molecule has 0 unspecified atom stereocenters. The van der Waals surface area contributed by atoms with E-state index < -0.39 is 5.54 Å². The topological polar surface area (TPSA) is 49.3 Å². The number of hydrogen-bond acceptors (Lipinski definition) is 2. The van der Waals surface area contributed by atoms with Gasteiger partial charge in [-0.05, 0) is 43.4 Å². The van der Waals surface area contributed by atoms with Gasteiger partial charge in [0.25, 0.3) is 0 Å². The number of halogens is 1. The molecule has 1 aliphatic rings. The second kappa shape index (κ2) is 5.86. The van der Waals surface area contributed by atoms with E-state index in [2.05, 4.69) is 21.2 Å². The number of carbonyl (C=O) groups is 1. The van der Waals surface area contributed by atoms with E-state index in [9.17, 15) is 9.90 Å². The highest BCUT2D eigenvalue weighted by Gasteiger charge is 2.52. The fourth-order valence-corrected chi connectivity index (χ4v) is 2.86. The summed E-state index contributed by atoms with van der Waals surface area (Å²) in [5, 5.41) is 12.7. The fourth-order valence-electron chi connectivity index (χ4n) is 2.59. The van der Waals surface area contributed by atoms with Gasteiger partial charge >= 0.3 is 0 Å². The van der Waals surface area contributed by atoms with Crippen molar-refractivity contribution in [1.29, 1.82) is 0 Å². The number of amides is 1. The molecule has 4 heteroatoms. The SMILES string of the molecule is CCC(CC)(CO)NC(=O)C1(c2ccc(Br)cc2)CC1. The molecule has 1 saturated carbocycles. The third-order valence-electron chi connectivity index (χ3n) is 4.62. The van der Waals surface area contributed by atoms with E-state index in [1.165, 1.54) is 0 Å². The van der Waals surface area contributed by atoms with E-state index >= 15 is 0 Å². The van der Waals surface area contributed by atoms with Crippen molar-refractivity contribution in [3.8, 4) is 0 Å². The van der Waals surface area contributed by atoms with Crippen molar-refractivity contribution < 1.29 is 9.90 Å². The molecule has 0 saturated heterocycles. The Morgan fingerprint density at radius 3 is 2.25 bits per heavy atom. The minimum atomic E-state index is -0.484. The molecule has 1 aromatic rings. The zero-order chi connectivity index (χ0) is 14.8. The predicted octanol–water partition coefficient (Wildman–Crippen LogP) is 3.15. The molecule has 2 N–H and O–H groups in total. The minimum Gasteiger partial charge on any atom is -0.394 e. The summed E-state index contributed by atoms with van der Waals surface area (Å²) in [6.07, 6.45) is 3.25. The molecule has 2 rings (SSSR count). The van der Waals surface area contributed by atoms with Gasteiger partial charge in [0.05, 0.1) is 17.6 Å². The van der Waals surface area contributed by atoms with E-state index in [4.69, 9.17) is 0 Å². The molecule has 1 aromatic carbocycles. The summed E-state index contributed by atoms with van der Waals surface area (Å²) < 4.78 is 1.02. The maximum atomic E-state index is 12.7. The summed E-state index contributed by atoms with van der Waals surface area (Å²) in [5.74, 6) is 0.0533. The van der Waals surface area contributed by atoms with Gasteiger partial charge in [-0.25, -0.2) is 0 Å². The fraction of sp³-hybridized carbons (Fsp3) is 0.562. The van der Waals surface area contributed by atoms with Crippen LogP contribution in [0.4, 0.5) is 0 Å². The Hall–Kier alpha value is -0.870. The van der Waals surface area contributed by atoms with E-state index in [1.807, 2.05) is 38.1 Å². The van der Waals surface area contributed by atoms with Crippen molar-refractivity contribution >= 4 is 21.8 Å². The molecular formula is C16H22BrNO2.